The second kappa shape index (κ2) is 5.13. The first-order valence-corrected chi connectivity index (χ1v) is 6.97. The van der Waals surface area contributed by atoms with E-state index in [1.807, 2.05) is 24.3 Å². The van der Waals surface area contributed by atoms with Gasteiger partial charge in [0.2, 0.25) is 0 Å². The van der Waals surface area contributed by atoms with Crippen molar-refractivity contribution in [2.24, 2.45) is 5.73 Å². The van der Waals surface area contributed by atoms with Crippen LogP contribution in [-0.4, -0.2) is 17.3 Å². The predicted molar refractivity (Wildman–Crippen MR) is 78.7 cm³/mol. The molecule has 1 aliphatic rings. The van der Waals surface area contributed by atoms with Crippen LogP contribution in [0, 0.1) is 12.7 Å². The first-order valence-electron chi connectivity index (χ1n) is 6.97. The zero-order valence-corrected chi connectivity index (χ0v) is 11.8. The summed E-state index contributed by atoms with van der Waals surface area (Å²) in [6, 6.07) is 12.4. The van der Waals surface area contributed by atoms with Gasteiger partial charge in [-0.15, -0.1) is 0 Å². The number of hydrogen-bond donors (Lipinski definition) is 2. The summed E-state index contributed by atoms with van der Waals surface area (Å²) in [4.78, 5) is 0. The minimum Gasteiger partial charge on any atom is -0.479 e. The van der Waals surface area contributed by atoms with Crippen molar-refractivity contribution in [1.82, 2.24) is 0 Å². The summed E-state index contributed by atoms with van der Waals surface area (Å²) in [5, 5.41) is 10.8. The molecule has 0 aliphatic heterocycles. The third kappa shape index (κ3) is 2.30. The van der Waals surface area contributed by atoms with Crippen LogP contribution < -0.4 is 10.5 Å². The van der Waals surface area contributed by atoms with Gasteiger partial charge in [0, 0.05) is 13.0 Å². The molecule has 0 aromatic heterocycles. The second-order valence-corrected chi connectivity index (χ2v) is 5.57. The molecule has 2 atom stereocenters. The molecule has 4 heteroatoms. The summed E-state index contributed by atoms with van der Waals surface area (Å²) in [5.74, 6) is -0.259. The SMILES string of the molecule is Cc1cccc(F)c1O[C@H]1c2ccccc2C[C@@]1(O)CN. The van der Waals surface area contributed by atoms with Gasteiger partial charge in [0.1, 0.15) is 5.60 Å². The van der Waals surface area contributed by atoms with Crippen molar-refractivity contribution < 1.29 is 14.2 Å². The maximum atomic E-state index is 14.0. The zero-order chi connectivity index (χ0) is 15.0. The molecule has 2 aromatic carbocycles. The lowest BCUT2D eigenvalue weighted by Gasteiger charge is -2.30. The number of benzene rings is 2. The number of nitrogens with two attached hydrogens (primary N) is 1. The van der Waals surface area contributed by atoms with Crippen LogP contribution in [0.3, 0.4) is 0 Å². The maximum absolute atomic E-state index is 14.0. The van der Waals surface area contributed by atoms with E-state index in [1.165, 1.54) is 6.07 Å². The van der Waals surface area contributed by atoms with Crippen molar-refractivity contribution in [2.75, 3.05) is 6.54 Å². The topological polar surface area (TPSA) is 55.5 Å². The van der Waals surface area contributed by atoms with Gasteiger partial charge in [-0.2, -0.15) is 0 Å². The highest BCUT2D eigenvalue weighted by Crippen LogP contribution is 2.42. The van der Waals surface area contributed by atoms with Crippen LogP contribution in [0.25, 0.3) is 0 Å². The molecule has 0 amide bonds. The van der Waals surface area contributed by atoms with Crippen LogP contribution in [0.4, 0.5) is 4.39 Å². The molecule has 0 heterocycles. The number of halogens is 1. The summed E-state index contributed by atoms with van der Waals surface area (Å²) in [6.07, 6.45) is -0.244. The van der Waals surface area contributed by atoms with Gasteiger partial charge < -0.3 is 15.6 Å². The highest BCUT2D eigenvalue weighted by Gasteiger charge is 2.46. The molecule has 0 spiro atoms. The molecule has 1 aliphatic carbocycles. The van der Waals surface area contributed by atoms with Crippen molar-refractivity contribution in [3.05, 3.63) is 65.0 Å². The lowest BCUT2D eigenvalue weighted by Crippen LogP contribution is -2.44. The van der Waals surface area contributed by atoms with E-state index in [2.05, 4.69) is 0 Å². The fourth-order valence-corrected chi connectivity index (χ4v) is 2.90. The van der Waals surface area contributed by atoms with Crippen molar-refractivity contribution in [3.63, 3.8) is 0 Å². The minimum absolute atomic E-state index is 0.0554. The Balaban J connectivity index is 2.03. The third-order valence-corrected chi connectivity index (χ3v) is 4.08. The van der Waals surface area contributed by atoms with E-state index in [0.717, 1.165) is 11.1 Å². The van der Waals surface area contributed by atoms with Gasteiger partial charge in [0.25, 0.3) is 0 Å². The second-order valence-electron chi connectivity index (χ2n) is 5.57. The summed E-state index contributed by atoms with van der Waals surface area (Å²) >= 11 is 0. The summed E-state index contributed by atoms with van der Waals surface area (Å²) in [7, 11) is 0. The van der Waals surface area contributed by atoms with E-state index < -0.39 is 17.5 Å². The van der Waals surface area contributed by atoms with Crippen LogP contribution in [0.15, 0.2) is 42.5 Å². The Morgan fingerprint density at radius 3 is 2.76 bits per heavy atom. The Hall–Kier alpha value is -1.91. The third-order valence-electron chi connectivity index (χ3n) is 4.08. The first kappa shape index (κ1) is 14.0. The van der Waals surface area contributed by atoms with E-state index >= 15 is 0 Å². The Labute approximate surface area is 123 Å². The number of aryl methyl sites for hydroxylation is 1. The Morgan fingerprint density at radius 1 is 1.29 bits per heavy atom. The first-order chi connectivity index (χ1) is 10.0. The molecule has 0 bridgehead atoms. The van der Waals surface area contributed by atoms with E-state index in [9.17, 15) is 9.50 Å². The molecule has 3 N–H and O–H groups in total. The van der Waals surface area contributed by atoms with Crippen LogP contribution in [0.2, 0.25) is 0 Å². The standard InChI is InChI=1S/C17H18FNO2/c1-11-5-4-8-14(18)15(11)21-16-13-7-3-2-6-12(13)9-17(16,20)10-19/h2-8,16,20H,9-10,19H2,1H3/t16-,17+/m0/s1. The molecule has 0 radical (unpaired) electrons. The number of aliphatic hydroxyl groups is 1. The number of fused-ring (bicyclic) bond motifs is 1. The average molecular weight is 287 g/mol. The van der Waals surface area contributed by atoms with Crippen LogP contribution in [0.5, 0.6) is 5.75 Å². The van der Waals surface area contributed by atoms with Crippen molar-refractivity contribution in [3.8, 4) is 5.75 Å². The minimum atomic E-state index is -1.21. The van der Waals surface area contributed by atoms with Gasteiger partial charge >= 0.3 is 0 Å². The highest BCUT2D eigenvalue weighted by molar-refractivity contribution is 5.41. The Kier molecular flexibility index (Phi) is 3.43. The molecule has 0 unspecified atom stereocenters. The van der Waals surface area contributed by atoms with Gasteiger partial charge in [-0.1, -0.05) is 36.4 Å². The molecule has 110 valence electrons. The largest absolute Gasteiger partial charge is 0.479 e. The Bertz CT molecular complexity index is 653. The molecule has 3 nitrogen and oxygen atoms in total. The molecule has 2 aromatic rings. The van der Waals surface area contributed by atoms with E-state index in [0.29, 0.717) is 12.0 Å². The molecule has 21 heavy (non-hydrogen) atoms. The molecule has 0 saturated heterocycles. The van der Waals surface area contributed by atoms with Gasteiger partial charge in [-0.3, -0.25) is 0 Å². The molecule has 0 fully saturated rings. The summed E-state index contributed by atoms with van der Waals surface area (Å²) in [5.41, 5.74) is 7.09. The van der Waals surface area contributed by atoms with Gasteiger partial charge in [0.05, 0.1) is 0 Å². The summed E-state index contributed by atoms with van der Waals surface area (Å²) < 4.78 is 19.9. The van der Waals surface area contributed by atoms with Crippen molar-refractivity contribution >= 4 is 0 Å². The molecule has 3 rings (SSSR count). The average Bonchev–Trinajstić information content (AvgIpc) is 2.76. The number of para-hydroxylation sites is 1. The number of ether oxygens (including phenoxy) is 1. The lowest BCUT2D eigenvalue weighted by atomic mass is 9.97. The highest BCUT2D eigenvalue weighted by atomic mass is 19.1. The van der Waals surface area contributed by atoms with Crippen molar-refractivity contribution in [1.29, 1.82) is 0 Å². The molecular formula is C17H18FNO2. The van der Waals surface area contributed by atoms with Gasteiger partial charge in [-0.25, -0.2) is 4.39 Å². The molecule has 0 saturated carbocycles. The monoisotopic (exact) mass is 287 g/mol. The van der Waals surface area contributed by atoms with Gasteiger partial charge in [0.15, 0.2) is 17.7 Å². The van der Waals surface area contributed by atoms with E-state index in [1.54, 1.807) is 19.1 Å². The lowest BCUT2D eigenvalue weighted by molar-refractivity contribution is -0.0453. The molecular weight excluding hydrogens is 269 g/mol. The smallest absolute Gasteiger partial charge is 0.165 e. The van der Waals surface area contributed by atoms with Crippen LogP contribution >= 0.6 is 0 Å². The quantitative estimate of drug-likeness (QED) is 0.912. The van der Waals surface area contributed by atoms with E-state index in [4.69, 9.17) is 10.5 Å². The Morgan fingerprint density at radius 2 is 2.05 bits per heavy atom. The van der Waals surface area contributed by atoms with Crippen molar-refractivity contribution in [2.45, 2.75) is 25.0 Å². The van der Waals surface area contributed by atoms with Crippen LogP contribution in [0.1, 0.15) is 22.8 Å². The predicted octanol–water partition coefficient (Wildman–Crippen LogP) is 2.50. The number of rotatable bonds is 3. The fraction of sp³-hybridized carbons (Fsp3) is 0.294. The van der Waals surface area contributed by atoms with E-state index in [-0.39, 0.29) is 12.3 Å². The number of hydrogen-bond acceptors (Lipinski definition) is 3. The zero-order valence-electron chi connectivity index (χ0n) is 11.8. The maximum Gasteiger partial charge on any atom is 0.165 e. The summed E-state index contributed by atoms with van der Waals surface area (Å²) in [6.45, 7) is 1.83. The van der Waals surface area contributed by atoms with Crippen LogP contribution in [-0.2, 0) is 6.42 Å². The fourth-order valence-electron chi connectivity index (χ4n) is 2.90. The normalized spacial score (nSPS) is 23.9. The van der Waals surface area contributed by atoms with Gasteiger partial charge in [-0.05, 0) is 29.7 Å².